The fourth-order valence-electron chi connectivity index (χ4n) is 2.82. The zero-order chi connectivity index (χ0) is 17.1. The van der Waals surface area contributed by atoms with Crippen LogP contribution in [0.3, 0.4) is 0 Å². The number of nitrogens with one attached hydrogen (secondary N) is 2. The molecule has 2 aromatic rings. The number of nitrogens with zero attached hydrogens (tertiary/aromatic N) is 3. The first kappa shape index (κ1) is 17.0. The highest BCUT2D eigenvalue weighted by Crippen LogP contribution is 2.37. The molecule has 0 unspecified atom stereocenters. The van der Waals surface area contributed by atoms with E-state index < -0.39 is 8.38 Å². The van der Waals surface area contributed by atoms with Gasteiger partial charge in [-0.05, 0) is 12.8 Å². The third-order valence-electron chi connectivity index (χ3n) is 4.19. The van der Waals surface area contributed by atoms with Crippen molar-refractivity contribution in [2.45, 2.75) is 18.5 Å². The van der Waals surface area contributed by atoms with Crippen LogP contribution < -0.4 is 15.6 Å². The Kier molecular flexibility index (Phi) is 5.25. The van der Waals surface area contributed by atoms with Crippen molar-refractivity contribution in [1.29, 1.82) is 0 Å². The summed E-state index contributed by atoms with van der Waals surface area (Å²) in [6.45, 7) is 2.04. The van der Waals surface area contributed by atoms with Crippen LogP contribution in [0.1, 0.15) is 12.8 Å². The lowest BCUT2D eigenvalue weighted by molar-refractivity contribution is 0.239. The van der Waals surface area contributed by atoms with Crippen molar-refractivity contribution in [3.63, 3.8) is 0 Å². The summed E-state index contributed by atoms with van der Waals surface area (Å²) in [7, 11) is -0.334. The van der Waals surface area contributed by atoms with Crippen molar-refractivity contribution in [3.8, 4) is 5.88 Å². The van der Waals surface area contributed by atoms with Crippen molar-refractivity contribution < 1.29 is 14.5 Å². The second-order valence-corrected chi connectivity index (χ2v) is 7.05. The largest absolute Gasteiger partial charge is 0.481 e. The van der Waals surface area contributed by atoms with Crippen molar-refractivity contribution in [3.05, 3.63) is 22.6 Å². The van der Waals surface area contributed by atoms with E-state index in [0.29, 0.717) is 29.1 Å². The van der Waals surface area contributed by atoms with Gasteiger partial charge in [0.1, 0.15) is 5.82 Å². The summed E-state index contributed by atoms with van der Waals surface area (Å²) in [6, 6.07) is 1.67. The van der Waals surface area contributed by atoms with Crippen molar-refractivity contribution in [1.82, 2.24) is 20.1 Å². The molecule has 1 saturated heterocycles. The molecule has 0 aliphatic carbocycles. The monoisotopic (exact) mass is 353 g/mol. The third-order valence-corrected chi connectivity index (χ3v) is 5.36. The van der Waals surface area contributed by atoms with Gasteiger partial charge in [-0.2, -0.15) is 10.1 Å². The Morgan fingerprint density at radius 1 is 1.46 bits per heavy atom. The molecule has 2 aromatic heterocycles. The second-order valence-electron chi connectivity index (χ2n) is 5.68. The summed E-state index contributed by atoms with van der Waals surface area (Å²) in [5.74, 6) is 0.851. The minimum atomic E-state index is -1.85. The van der Waals surface area contributed by atoms with Gasteiger partial charge in [0.2, 0.25) is 5.88 Å². The number of aromatic amines is 1. The Bertz CT molecular complexity index is 760. The highest BCUT2D eigenvalue weighted by Gasteiger charge is 2.24. The van der Waals surface area contributed by atoms with E-state index >= 15 is 0 Å². The van der Waals surface area contributed by atoms with Crippen LogP contribution in [0.25, 0.3) is 10.8 Å². The van der Waals surface area contributed by atoms with Crippen LogP contribution in [0.15, 0.2) is 17.1 Å². The standard InChI is InChI=1S/C14H20N5O4P/c1-23-11-6-9-7-16-18-14(20)12(9)13(17-11)15-8-19-4-2-10(3-5-19)24(21)22/h6-7,10,21-22H,2-5,8H2,1H3,(H,15,17)(H,18,20). The maximum atomic E-state index is 12.1. The van der Waals surface area contributed by atoms with Crippen molar-refractivity contribution in [2.75, 3.05) is 32.2 Å². The van der Waals surface area contributed by atoms with Gasteiger partial charge in [0.05, 0.1) is 25.4 Å². The number of likely N-dealkylation sites (tertiary alicyclic amines) is 1. The predicted octanol–water partition coefficient (Wildman–Crippen LogP) is 0.457. The molecule has 24 heavy (non-hydrogen) atoms. The first-order chi connectivity index (χ1) is 11.6. The van der Waals surface area contributed by atoms with Gasteiger partial charge in [0.15, 0.2) is 8.38 Å². The van der Waals surface area contributed by atoms with Crippen molar-refractivity contribution in [2.24, 2.45) is 0 Å². The number of rotatable bonds is 5. The van der Waals surface area contributed by atoms with Gasteiger partial charge in [-0.1, -0.05) is 0 Å². The van der Waals surface area contributed by atoms with Gasteiger partial charge in [-0.15, -0.1) is 0 Å². The van der Waals surface area contributed by atoms with E-state index in [9.17, 15) is 14.6 Å². The summed E-state index contributed by atoms with van der Waals surface area (Å²) in [6.07, 6.45) is 3.05. The first-order valence-electron chi connectivity index (χ1n) is 7.64. The zero-order valence-electron chi connectivity index (χ0n) is 13.3. The van der Waals surface area contributed by atoms with Crippen LogP contribution in [0, 0.1) is 0 Å². The Morgan fingerprint density at radius 2 is 2.21 bits per heavy atom. The molecule has 130 valence electrons. The number of methoxy groups -OCH3 is 1. The molecule has 9 nitrogen and oxygen atoms in total. The molecule has 4 N–H and O–H groups in total. The Labute approximate surface area is 139 Å². The fraction of sp³-hybridized carbons (Fsp3) is 0.500. The van der Waals surface area contributed by atoms with Gasteiger partial charge < -0.3 is 19.8 Å². The van der Waals surface area contributed by atoms with E-state index in [4.69, 9.17) is 4.74 Å². The molecule has 0 spiro atoms. The number of aromatic nitrogens is 3. The van der Waals surface area contributed by atoms with Gasteiger partial charge >= 0.3 is 0 Å². The molecule has 3 heterocycles. The lowest BCUT2D eigenvalue weighted by Gasteiger charge is -2.32. The van der Waals surface area contributed by atoms with Gasteiger partial charge in [0, 0.05) is 30.2 Å². The third kappa shape index (κ3) is 3.64. The number of hydrogen-bond acceptors (Lipinski definition) is 8. The molecule has 0 bridgehead atoms. The molecule has 1 fully saturated rings. The van der Waals surface area contributed by atoms with Crippen molar-refractivity contribution >= 4 is 25.0 Å². The number of piperidine rings is 1. The number of H-pyrrole nitrogens is 1. The Balaban J connectivity index is 1.75. The molecule has 1 aliphatic heterocycles. The van der Waals surface area contributed by atoms with Crippen LogP contribution in [-0.2, 0) is 0 Å². The van der Waals surface area contributed by atoms with Crippen LogP contribution in [-0.4, -0.2) is 62.4 Å². The molecule has 0 amide bonds. The van der Waals surface area contributed by atoms with Crippen LogP contribution in [0.2, 0.25) is 0 Å². The topological polar surface area (TPSA) is 124 Å². The predicted molar refractivity (Wildman–Crippen MR) is 91.2 cm³/mol. The number of fused-ring (bicyclic) bond motifs is 1. The average Bonchev–Trinajstić information content (AvgIpc) is 2.59. The molecule has 0 atom stereocenters. The summed E-state index contributed by atoms with van der Waals surface area (Å²) >= 11 is 0. The lowest BCUT2D eigenvalue weighted by Crippen LogP contribution is -2.38. The normalized spacial score (nSPS) is 16.7. The van der Waals surface area contributed by atoms with E-state index in [-0.39, 0.29) is 11.2 Å². The Hall–Kier alpha value is -1.80. The second kappa shape index (κ2) is 7.40. The minimum Gasteiger partial charge on any atom is -0.481 e. The first-order valence-corrected chi connectivity index (χ1v) is 8.95. The molecule has 1 aliphatic rings. The van der Waals surface area contributed by atoms with Gasteiger partial charge in [-0.25, -0.2) is 5.10 Å². The number of ether oxygens (including phenoxy) is 1. The minimum absolute atomic E-state index is 0.0130. The van der Waals surface area contributed by atoms with Crippen LogP contribution in [0.4, 0.5) is 5.82 Å². The zero-order valence-corrected chi connectivity index (χ0v) is 14.2. The fourth-order valence-corrected chi connectivity index (χ4v) is 3.52. The number of pyridine rings is 1. The summed E-state index contributed by atoms with van der Waals surface area (Å²) < 4.78 is 5.18. The van der Waals surface area contributed by atoms with Crippen LogP contribution >= 0.6 is 8.38 Å². The molecular weight excluding hydrogens is 333 g/mol. The number of anilines is 1. The molecule has 0 radical (unpaired) electrons. The average molecular weight is 353 g/mol. The molecular formula is C14H20N5O4P. The Morgan fingerprint density at radius 3 is 2.88 bits per heavy atom. The van der Waals surface area contributed by atoms with E-state index in [0.717, 1.165) is 25.9 Å². The SMILES string of the molecule is COc1cc2cn[nH]c(=O)c2c(NCN2CCC(P(O)O)CC2)n1. The quantitative estimate of drug-likeness (QED) is 0.572. The van der Waals surface area contributed by atoms with E-state index in [1.807, 2.05) is 0 Å². The van der Waals surface area contributed by atoms with Gasteiger partial charge in [0.25, 0.3) is 5.56 Å². The molecule has 0 aromatic carbocycles. The molecule has 3 rings (SSSR count). The van der Waals surface area contributed by atoms with E-state index in [1.54, 1.807) is 12.3 Å². The highest BCUT2D eigenvalue weighted by molar-refractivity contribution is 7.45. The van der Waals surface area contributed by atoms with E-state index in [2.05, 4.69) is 25.4 Å². The van der Waals surface area contributed by atoms with Gasteiger partial charge in [-0.3, -0.25) is 9.69 Å². The maximum absolute atomic E-state index is 12.1. The molecule has 0 saturated carbocycles. The highest BCUT2D eigenvalue weighted by atomic mass is 31.2. The maximum Gasteiger partial charge on any atom is 0.275 e. The van der Waals surface area contributed by atoms with Crippen LogP contribution in [0.5, 0.6) is 5.88 Å². The lowest BCUT2D eigenvalue weighted by atomic mass is 10.1. The number of hydrogen-bond donors (Lipinski definition) is 4. The summed E-state index contributed by atoms with van der Waals surface area (Å²) in [5.41, 5.74) is -0.323. The van der Waals surface area contributed by atoms with E-state index in [1.165, 1.54) is 7.11 Å². The molecule has 10 heteroatoms. The smallest absolute Gasteiger partial charge is 0.275 e. The summed E-state index contributed by atoms with van der Waals surface area (Å²) in [4.78, 5) is 37.1. The summed E-state index contributed by atoms with van der Waals surface area (Å²) in [5, 5.41) is 10.5.